The van der Waals surface area contributed by atoms with Crippen LogP contribution in [-0.4, -0.2) is 14.5 Å². The lowest BCUT2D eigenvalue weighted by atomic mass is 9.98. The molecule has 0 fully saturated rings. The molecule has 0 saturated heterocycles. The number of benzene rings is 7. The number of hydrogen-bond donors (Lipinski definition) is 0. The van der Waals surface area contributed by atoms with Crippen LogP contribution >= 0.6 is 11.3 Å². The van der Waals surface area contributed by atoms with E-state index in [-0.39, 0.29) is 0 Å². The van der Waals surface area contributed by atoms with Crippen molar-refractivity contribution >= 4 is 64.1 Å². The molecule has 0 amide bonds. The minimum Gasteiger partial charge on any atom is -0.308 e. The first kappa shape index (κ1) is 27.1. The van der Waals surface area contributed by atoms with Gasteiger partial charge in [-0.25, -0.2) is 9.97 Å². The molecule has 0 spiro atoms. The average Bonchev–Trinajstić information content (AvgIpc) is 3.72. The van der Waals surface area contributed by atoms with Crippen LogP contribution in [0.5, 0.6) is 0 Å². The van der Waals surface area contributed by atoms with Crippen molar-refractivity contribution in [2.45, 2.75) is 0 Å². The Morgan fingerprint density at radius 3 is 1.67 bits per heavy atom. The van der Waals surface area contributed by atoms with Crippen molar-refractivity contribution in [1.29, 1.82) is 0 Å². The van der Waals surface area contributed by atoms with E-state index in [4.69, 9.17) is 9.97 Å². The highest BCUT2D eigenvalue weighted by atomic mass is 32.1. The minimum absolute atomic E-state index is 0.713. The fourth-order valence-corrected chi connectivity index (χ4v) is 8.51. The minimum atomic E-state index is 0.713. The van der Waals surface area contributed by atoms with E-state index < -0.39 is 0 Å². The molecule has 3 nitrogen and oxygen atoms in total. The Kier molecular flexibility index (Phi) is 6.05. The summed E-state index contributed by atoms with van der Waals surface area (Å²) in [6.07, 6.45) is 0. The standard InChI is InChI=1S/C44H27N3S/c1-4-14-28(15-5-1)36-27-37(29-16-6-2-7-17-29)46-44(45-36)30-24-25-38-35(26-30)40-32-20-10-11-21-33(32)41-34-22-12-13-23-39(34)48-43(41)42(40)47(38)31-18-8-3-9-19-31/h1-27H. The zero-order chi connectivity index (χ0) is 31.6. The van der Waals surface area contributed by atoms with Gasteiger partial charge >= 0.3 is 0 Å². The Labute approximate surface area is 281 Å². The Morgan fingerprint density at radius 1 is 0.438 bits per heavy atom. The van der Waals surface area contributed by atoms with Crippen molar-refractivity contribution in [3.8, 4) is 39.6 Å². The molecular formula is C44H27N3S. The van der Waals surface area contributed by atoms with Crippen LogP contribution < -0.4 is 0 Å². The molecule has 0 aliphatic carbocycles. The second-order valence-corrected chi connectivity index (χ2v) is 13.2. The van der Waals surface area contributed by atoms with Gasteiger partial charge < -0.3 is 4.57 Å². The van der Waals surface area contributed by atoms with Crippen molar-refractivity contribution < 1.29 is 0 Å². The predicted octanol–water partition coefficient (Wildman–Crippen LogP) is 12.1. The zero-order valence-corrected chi connectivity index (χ0v) is 26.7. The number of rotatable bonds is 4. The first-order chi connectivity index (χ1) is 23.8. The van der Waals surface area contributed by atoms with Gasteiger partial charge in [-0.05, 0) is 53.2 Å². The highest BCUT2D eigenvalue weighted by Crippen LogP contribution is 2.48. The molecule has 3 aromatic heterocycles. The molecule has 0 aliphatic rings. The molecule has 0 bridgehead atoms. The summed E-state index contributed by atoms with van der Waals surface area (Å²) in [5, 5.41) is 7.61. The molecular weight excluding hydrogens is 603 g/mol. The summed E-state index contributed by atoms with van der Waals surface area (Å²) in [6, 6.07) is 58.0. The quantitative estimate of drug-likeness (QED) is 0.194. The number of para-hydroxylation sites is 1. The average molecular weight is 630 g/mol. The highest BCUT2D eigenvalue weighted by molar-refractivity contribution is 7.27. The molecule has 0 aliphatic heterocycles. The van der Waals surface area contributed by atoms with Gasteiger partial charge in [-0.2, -0.15) is 0 Å². The SMILES string of the molecule is c1ccc(-c2cc(-c3ccccc3)nc(-c3ccc4c(c3)c3c5ccccc5c5c6ccccc6sc5c3n4-c3ccccc3)n2)cc1. The van der Waals surface area contributed by atoms with Crippen LogP contribution in [0.1, 0.15) is 0 Å². The maximum absolute atomic E-state index is 5.18. The zero-order valence-electron chi connectivity index (χ0n) is 25.8. The van der Waals surface area contributed by atoms with Gasteiger partial charge in [-0.1, -0.05) is 121 Å². The number of nitrogens with zero attached hydrogens (tertiary/aromatic N) is 3. The van der Waals surface area contributed by atoms with Crippen LogP contribution in [0.15, 0.2) is 164 Å². The summed E-state index contributed by atoms with van der Waals surface area (Å²) >= 11 is 1.88. The molecule has 0 N–H and O–H groups in total. The Bertz CT molecular complexity index is 2760. The molecule has 0 radical (unpaired) electrons. The second kappa shape index (κ2) is 10.7. The van der Waals surface area contributed by atoms with E-state index in [0.29, 0.717) is 5.82 Å². The molecule has 0 unspecified atom stereocenters. The predicted molar refractivity (Wildman–Crippen MR) is 203 cm³/mol. The van der Waals surface area contributed by atoms with Gasteiger partial charge in [0.05, 0.1) is 27.1 Å². The third-order valence-corrected chi connectivity index (χ3v) is 10.6. The third kappa shape index (κ3) is 4.13. The fourth-order valence-electron chi connectivity index (χ4n) is 7.25. The number of hydrogen-bond acceptors (Lipinski definition) is 3. The van der Waals surface area contributed by atoms with E-state index in [1.165, 1.54) is 47.2 Å². The van der Waals surface area contributed by atoms with Gasteiger partial charge in [-0.15, -0.1) is 11.3 Å². The molecule has 48 heavy (non-hydrogen) atoms. The Morgan fingerprint density at radius 2 is 1.00 bits per heavy atom. The molecule has 7 aromatic carbocycles. The van der Waals surface area contributed by atoms with E-state index in [1.54, 1.807) is 0 Å². The van der Waals surface area contributed by atoms with E-state index in [0.717, 1.165) is 39.3 Å². The van der Waals surface area contributed by atoms with Crippen molar-refractivity contribution in [2.24, 2.45) is 0 Å². The second-order valence-electron chi connectivity index (χ2n) is 12.2. The van der Waals surface area contributed by atoms with Crippen molar-refractivity contribution in [2.75, 3.05) is 0 Å². The monoisotopic (exact) mass is 629 g/mol. The summed E-state index contributed by atoms with van der Waals surface area (Å²) < 4.78 is 5.06. The molecule has 0 atom stereocenters. The summed E-state index contributed by atoms with van der Waals surface area (Å²) in [5.74, 6) is 0.713. The summed E-state index contributed by atoms with van der Waals surface area (Å²) in [5.41, 5.74) is 8.49. The van der Waals surface area contributed by atoms with E-state index in [1.807, 2.05) is 23.5 Å². The van der Waals surface area contributed by atoms with Crippen molar-refractivity contribution in [3.05, 3.63) is 164 Å². The summed E-state index contributed by atoms with van der Waals surface area (Å²) in [6.45, 7) is 0. The number of aromatic nitrogens is 3. The van der Waals surface area contributed by atoms with E-state index in [9.17, 15) is 0 Å². The Hall–Kier alpha value is -6.10. The van der Waals surface area contributed by atoms with Gasteiger partial charge in [0.1, 0.15) is 0 Å². The smallest absolute Gasteiger partial charge is 0.160 e. The van der Waals surface area contributed by atoms with E-state index >= 15 is 0 Å². The lowest BCUT2D eigenvalue weighted by molar-refractivity contribution is 1.18. The normalized spacial score (nSPS) is 11.8. The number of fused-ring (bicyclic) bond motifs is 10. The van der Waals surface area contributed by atoms with Crippen molar-refractivity contribution in [1.82, 2.24) is 14.5 Å². The fraction of sp³-hybridized carbons (Fsp3) is 0. The summed E-state index contributed by atoms with van der Waals surface area (Å²) in [7, 11) is 0. The molecule has 0 saturated carbocycles. The molecule has 224 valence electrons. The third-order valence-electron chi connectivity index (χ3n) is 9.38. The maximum Gasteiger partial charge on any atom is 0.160 e. The highest BCUT2D eigenvalue weighted by Gasteiger charge is 2.22. The van der Waals surface area contributed by atoms with Crippen molar-refractivity contribution in [3.63, 3.8) is 0 Å². The first-order valence-electron chi connectivity index (χ1n) is 16.2. The van der Waals surface area contributed by atoms with Gasteiger partial charge in [0.2, 0.25) is 0 Å². The van der Waals surface area contributed by atoms with Crippen LogP contribution in [0.4, 0.5) is 0 Å². The van der Waals surface area contributed by atoms with E-state index in [2.05, 4.69) is 156 Å². The largest absolute Gasteiger partial charge is 0.308 e. The van der Waals surface area contributed by atoms with Crippen LogP contribution in [0.2, 0.25) is 0 Å². The van der Waals surface area contributed by atoms with Crippen LogP contribution in [0.25, 0.3) is 92.3 Å². The van der Waals surface area contributed by atoms with Crippen LogP contribution in [0, 0.1) is 0 Å². The summed E-state index contributed by atoms with van der Waals surface area (Å²) in [4.78, 5) is 10.4. The van der Waals surface area contributed by atoms with Gasteiger partial charge in [0, 0.05) is 48.6 Å². The lowest BCUT2D eigenvalue weighted by Gasteiger charge is -2.10. The van der Waals surface area contributed by atoms with Gasteiger partial charge in [-0.3, -0.25) is 0 Å². The maximum atomic E-state index is 5.18. The molecule has 4 heteroatoms. The van der Waals surface area contributed by atoms with Crippen LogP contribution in [0.3, 0.4) is 0 Å². The molecule has 3 heterocycles. The lowest BCUT2D eigenvalue weighted by Crippen LogP contribution is -1.96. The van der Waals surface area contributed by atoms with Gasteiger partial charge in [0.15, 0.2) is 5.82 Å². The van der Waals surface area contributed by atoms with Crippen LogP contribution in [-0.2, 0) is 0 Å². The topological polar surface area (TPSA) is 30.7 Å². The first-order valence-corrected chi connectivity index (χ1v) is 17.0. The Balaban J connectivity index is 1.33. The molecule has 10 rings (SSSR count). The molecule has 10 aromatic rings. The number of thiophene rings is 1. The van der Waals surface area contributed by atoms with Gasteiger partial charge in [0.25, 0.3) is 0 Å².